The Kier molecular flexibility index (Phi) is 1.75. The Morgan fingerprint density at radius 3 is 3.09 bits per heavy atom. The maximum Gasteiger partial charge on any atom is 0.0323 e. The van der Waals surface area contributed by atoms with E-state index < -0.39 is 0 Å². The van der Waals surface area contributed by atoms with Crippen LogP contribution in [0.25, 0.3) is 4.83 Å². The summed E-state index contributed by atoms with van der Waals surface area (Å²) in [5, 5.41) is 2.01. The van der Waals surface area contributed by atoms with Crippen molar-refractivity contribution in [1.29, 1.82) is 0 Å². The highest BCUT2D eigenvalue weighted by molar-refractivity contribution is 8.02. The van der Waals surface area contributed by atoms with E-state index in [1.807, 2.05) is 17.1 Å². The van der Waals surface area contributed by atoms with Crippen molar-refractivity contribution in [1.82, 2.24) is 0 Å². The lowest BCUT2D eigenvalue weighted by Gasteiger charge is -2.29. The number of fused-ring (bicyclic) bond motifs is 1. The Hall–Kier alpha value is -0.670. The first kappa shape index (κ1) is 7.00. The van der Waals surface area contributed by atoms with Crippen molar-refractivity contribution in [2.45, 2.75) is 11.8 Å². The molecule has 0 radical (unpaired) electrons. The molecule has 1 aliphatic rings. The average Bonchev–Trinajstić information content (AvgIpc) is 2.47. The molecule has 1 heterocycles. The summed E-state index contributed by atoms with van der Waals surface area (Å²) in [5.74, 6) is 0. The molecule has 0 amide bonds. The quantitative estimate of drug-likeness (QED) is 0.595. The summed E-state index contributed by atoms with van der Waals surface area (Å²) < 4.78 is 0. The molecule has 0 spiro atoms. The molecule has 0 aliphatic carbocycles. The topological polar surface area (TPSA) is 17.3 Å². The Morgan fingerprint density at radius 1 is 1.45 bits per heavy atom. The molecule has 2 nitrogen and oxygen atoms in total. The fraction of sp³-hybridized carbons (Fsp3) is 0.250. The van der Waals surface area contributed by atoms with E-state index in [0.29, 0.717) is 0 Å². The van der Waals surface area contributed by atoms with Crippen LogP contribution in [0.2, 0.25) is 0 Å². The van der Waals surface area contributed by atoms with Gasteiger partial charge in [0.2, 0.25) is 0 Å². The van der Waals surface area contributed by atoms with Gasteiger partial charge in [0, 0.05) is 10.6 Å². The van der Waals surface area contributed by atoms with Crippen LogP contribution in [0.4, 0.5) is 5.69 Å². The van der Waals surface area contributed by atoms with E-state index in [-0.39, 0.29) is 0 Å². The molecule has 0 bridgehead atoms. The lowest BCUT2D eigenvalue weighted by Crippen LogP contribution is -2.11. The lowest BCUT2D eigenvalue weighted by molar-refractivity contribution is 1.01. The zero-order chi connectivity index (χ0) is 7.68. The zero-order valence-corrected chi connectivity index (χ0v) is 7.14. The summed E-state index contributed by atoms with van der Waals surface area (Å²) in [6, 6.07) is 8.28. The van der Waals surface area contributed by atoms with Crippen molar-refractivity contribution in [3.63, 3.8) is 0 Å². The highest BCUT2D eigenvalue weighted by atomic mass is 32.2. The molecular formula is C8H9N2S-. The van der Waals surface area contributed by atoms with Crippen molar-refractivity contribution in [2.24, 2.45) is 0 Å². The van der Waals surface area contributed by atoms with Crippen molar-refractivity contribution < 1.29 is 0 Å². The summed E-state index contributed by atoms with van der Waals surface area (Å²) in [5.41, 5.74) is 1.24. The summed E-state index contributed by atoms with van der Waals surface area (Å²) in [6.07, 6.45) is 0. The third-order valence-electron chi connectivity index (χ3n) is 1.68. The molecule has 0 N–H and O–H groups in total. The minimum atomic E-state index is 0.948. The minimum Gasteiger partial charge on any atom is -0.508 e. The molecule has 0 atom stereocenters. The smallest absolute Gasteiger partial charge is 0.0323 e. The SMILES string of the molecule is CCN1[N-]Sc2ccccc21. The first-order chi connectivity index (χ1) is 5.42. The van der Waals surface area contributed by atoms with Crippen molar-refractivity contribution in [3.8, 4) is 0 Å². The molecule has 2 rings (SSSR count). The fourth-order valence-corrected chi connectivity index (χ4v) is 1.91. The lowest BCUT2D eigenvalue weighted by atomic mass is 10.3. The second kappa shape index (κ2) is 2.75. The molecule has 0 saturated carbocycles. The van der Waals surface area contributed by atoms with Crippen molar-refractivity contribution in [3.05, 3.63) is 29.1 Å². The van der Waals surface area contributed by atoms with Gasteiger partial charge in [-0.15, -0.1) is 0 Å². The van der Waals surface area contributed by atoms with E-state index in [4.69, 9.17) is 0 Å². The number of anilines is 1. The Morgan fingerprint density at radius 2 is 2.27 bits per heavy atom. The maximum atomic E-state index is 4.27. The first-order valence-corrected chi connectivity index (χ1v) is 4.43. The predicted molar refractivity (Wildman–Crippen MR) is 48.7 cm³/mol. The summed E-state index contributed by atoms with van der Waals surface area (Å²) >= 11 is 1.55. The van der Waals surface area contributed by atoms with Gasteiger partial charge in [0.25, 0.3) is 0 Å². The average molecular weight is 165 g/mol. The van der Waals surface area contributed by atoms with E-state index in [1.54, 1.807) is 11.9 Å². The Balaban J connectivity index is 2.39. The summed E-state index contributed by atoms with van der Waals surface area (Å²) in [4.78, 5) is 5.53. The van der Waals surface area contributed by atoms with Crippen LogP contribution in [-0.2, 0) is 0 Å². The number of para-hydroxylation sites is 1. The summed E-state index contributed by atoms with van der Waals surface area (Å²) in [6.45, 7) is 3.05. The molecule has 0 unspecified atom stereocenters. The second-order valence-electron chi connectivity index (χ2n) is 2.36. The highest BCUT2D eigenvalue weighted by Crippen LogP contribution is 2.42. The third-order valence-corrected chi connectivity index (χ3v) is 2.50. The van der Waals surface area contributed by atoms with Crippen LogP contribution in [-0.4, -0.2) is 6.54 Å². The van der Waals surface area contributed by atoms with Crippen LogP contribution >= 0.6 is 11.9 Å². The Labute approximate surface area is 70.7 Å². The number of nitrogens with zero attached hydrogens (tertiary/aromatic N) is 2. The van der Waals surface area contributed by atoms with Gasteiger partial charge in [0.1, 0.15) is 0 Å². The van der Waals surface area contributed by atoms with Crippen LogP contribution in [0.15, 0.2) is 29.2 Å². The molecule has 11 heavy (non-hydrogen) atoms. The van der Waals surface area contributed by atoms with E-state index in [9.17, 15) is 0 Å². The van der Waals surface area contributed by atoms with Gasteiger partial charge in [0.05, 0.1) is 0 Å². The van der Waals surface area contributed by atoms with Gasteiger partial charge in [-0.25, -0.2) is 11.9 Å². The van der Waals surface area contributed by atoms with Gasteiger partial charge in [-0.05, 0) is 25.6 Å². The number of hydrogen-bond donors (Lipinski definition) is 0. The van der Waals surface area contributed by atoms with Gasteiger partial charge in [-0.2, -0.15) is 0 Å². The highest BCUT2D eigenvalue weighted by Gasteiger charge is 2.05. The van der Waals surface area contributed by atoms with Crippen LogP contribution < -0.4 is 5.01 Å². The standard InChI is InChI=1S/C8H9N2S/c1-2-10-7-5-3-4-6-8(7)11-9-10/h3-6H,2H2,1H3/q-1. The van der Waals surface area contributed by atoms with E-state index in [1.165, 1.54) is 10.6 Å². The Bertz CT molecular complexity index is 262. The van der Waals surface area contributed by atoms with Gasteiger partial charge in [-0.3, -0.25) is 0 Å². The van der Waals surface area contributed by atoms with Crippen LogP contribution in [0.5, 0.6) is 0 Å². The van der Waals surface area contributed by atoms with Crippen LogP contribution in [0.3, 0.4) is 0 Å². The molecule has 0 aromatic heterocycles. The first-order valence-electron chi connectivity index (χ1n) is 3.66. The molecule has 1 aliphatic heterocycles. The fourth-order valence-electron chi connectivity index (χ4n) is 1.11. The molecule has 1 aromatic carbocycles. The van der Waals surface area contributed by atoms with Crippen LogP contribution in [0, 0.1) is 0 Å². The van der Waals surface area contributed by atoms with Gasteiger partial charge < -0.3 is 9.84 Å². The molecule has 3 heteroatoms. The third kappa shape index (κ3) is 1.10. The molecular weight excluding hydrogens is 156 g/mol. The number of hydrogen-bond acceptors (Lipinski definition) is 2. The van der Waals surface area contributed by atoms with Crippen LogP contribution in [0.1, 0.15) is 6.92 Å². The molecule has 1 aromatic rings. The molecule has 0 saturated heterocycles. The van der Waals surface area contributed by atoms with Gasteiger partial charge in [0.15, 0.2) is 0 Å². The van der Waals surface area contributed by atoms with E-state index in [2.05, 4.69) is 23.9 Å². The molecule has 0 fully saturated rings. The monoisotopic (exact) mass is 165 g/mol. The predicted octanol–water partition coefficient (Wildman–Crippen LogP) is 2.82. The van der Waals surface area contributed by atoms with Gasteiger partial charge >= 0.3 is 0 Å². The largest absolute Gasteiger partial charge is 0.508 e. The second-order valence-corrected chi connectivity index (χ2v) is 3.14. The molecule has 58 valence electrons. The zero-order valence-electron chi connectivity index (χ0n) is 6.32. The van der Waals surface area contributed by atoms with E-state index >= 15 is 0 Å². The van der Waals surface area contributed by atoms with E-state index in [0.717, 1.165) is 6.54 Å². The van der Waals surface area contributed by atoms with Gasteiger partial charge in [-0.1, -0.05) is 12.1 Å². The van der Waals surface area contributed by atoms with Crippen molar-refractivity contribution >= 4 is 17.6 Å². The number of benzene rings is 1. The minimum absolute atomic E-state index is 0.948. The summed E-state index contributed by atoms with van der Waals surface area (Å²) in [7, 11) is 0. The van der Waals surface area contributed by atoms with Crippen molar-refractivity contribution in [2.75, 3.05) is 11.6 Å². The number of rotatable bonds is 1. The maximum absolute atomic E-state index is 4.27. The normalized spacial score (nSPS) is 15.2.